The molecular formula is C18H30FNO2. The van der Waals surface area contributed by atoms with Crippen LogP contribution in [0.5, 0.6) is 0 Å². The summed E-state index contributed by atoms with van der Waals surface area (Å²) in [4.78, 5) is 13.1. The minimum Gasteiger partial charge on any atom is -0.481 e. The van der Waals surface area contributed by atoms with Crippen molar-refractivity contribution in [1.29, 1.82) is 0 Å². The smallest absolute Gasteiger partial charge is 0.306 e. The van der Waals surface area contributed by atoms with Crippen LogP contribution in [0.1, 0.15) is 46.1 Å². The van der Waals surface area contributed by atoms with E-state index in [1.807, 2.05) is 27.7 Å². The predicted molar refractivity (Wildman–Crippen MR) is 89.6 cm³/mol. The molecule has 22 heavy (non-hydrogen) atoms. The fourth-order valence-corrected chi connectivity index (χ4v) is 2.34. The van der Waals surface area contributed by atoms with Crippen molar-refractivity contribution in [2.45, 2.75) is 47.0 Å². The van der Waals surface area contributed by atoms with Crippen LogP contribution in [0, 0.1) is 11.7 Å². The zero-order valence-electron chi connectivity index (χ0n) is 14.3. The molecular weight excluding hydrogens is 281 g/mol. The molecule has 0 radical (unpaired) electrons. The van der Waals surface area contributed by atoms with E-state index < -0.39 is 5.97 Å². The molecule has 2 rings (SSSR count). The second-order valence-corrected chi connectivity index (χ2v) is 4.83. The average Bonchev–Trinajstić information content (AvgIpc) is 2.58. The van der Waals surface area contributed by atoms with Crippen LogP contribution >= 0.6 is 0 Å². The van der Waals surface area contributed by atoms with Crippen LogP contribution in [0.25, 0.3) is 0 Å². The first kappa shape index (κ1) is 20.6. The first-order valence-electron chi connectivity index (χ1n) is 8.35. The lowest BCUT2D eigenvalue weighted by Gasteiger charge is -2.29. The van der Waals surface area contributed by atoms with Gasteiger partial charge in [0.15, 0.2) is 0 Å². The minimum atomic E-state index is -0.673. The fourth-order valence-electron chi connectivity index (χ4n) is 2.34. The molecule has 0 unspecified atom stereocenters. The molecule has 0 amide bonds. The van der Waals surface area contributed by atoms with Gasteiger partial charge in [-0.2, -0.15) is 0 Å². The van der Waals surface area contributed by atoms with Crippen LogP contribution in [0.2, 0.25) is 0 Å². The van der Waals surface area contributed by atoms with Crippen molar-refractivity contribution in [2.75, 3.05) is 19.6 Å². The van der Waals surface area contributed by atoms with Gasteiger partial charge in [-0.1, -0.05) is 39.8 Å². The molecule has 0 aliphatic carbocycles. The summed E-state index contributed by atoms with van der Waals surface area (Å²) in [7, 11) is 0. The van der Waals surface area contributed by atoms with Crippen LogP contribution in [0.4, 0.5) is 4.39 Å². The molecule has 0 atom stereocenters. The number of halogens is 1. The van der Waals surface area contributed by atoms with Crippen LogP contribution in [-0.2, 0) is 11.2 Å². The molecule has 1 heterocycles. The predicted octanol–water partition coefficient (Wildman–Crippen LogP) is 4.22. The molecule has 4 heteroatoms. The lowest BCUT2D eigenvalue weighted by Crippen LogP contribution is -2.37. The Morgan fingerprint density at radius 3 is 2.09 bits per heavy atom. The van der Waals surface area contributed by atoms with Gasteiger partial charge in [0, 0.05) is 6.54 Å². The standard InChI is InChI=1S/C14H18FNO2.2C2H6/c15-13-3-1-11(2-4-13)5-8-16-9-6-12(7-10-16)14(17)18;2*1-2/h1-4,12H,5-10H2,(H,17,18);2*1-2H3. The van der Waals surface area contributed by atoms with E-state index in [4.69, 9.17) is 5.11 Å². The molecule has 1 aliphatic rings. The zero-order chi connectivity index (χ0) is 17.0. The van der Waals surface area contributed by atoms with E-state index in [1.165, 1.54) is 12.1 Å². The molecule has 3 nitrogen and oxygen atoms in total. The minimum absolute atomic E-state index is 0.174. The van der Waals surface area contributed by atoms with Gasteiger partial charge >= 0.3 is 5.97 Å². The largest absolute Gasteiger partial charge is 0.481 e. The zero-order valence-corrected chi connectivity index (χ0v) is 14.3. The Hall–Kier alpha value is -1.42. The first-order chi connectivity index (χ1) is 10.6. The molecule has 1 saturated heterocycles. The summed E-state index contributed by atoms with van der Waals surface area (Å²) in [6.45, 7) is 10.6. The second-order valence-electron chi connectivity index (χ2n) is 4.83. The van der Waals surface area contributed by atoms with Crippen molar-refractivity contribution in [3.05, 3.63) is 35.6 Å². The highest BCUT2D eigenvalue weighted by Gasteiger charge is 2.23. The Balaban J connectivity index is 0.00000102. The highest BCUT2D eigenvalue weighted by atomic mass is 19.1. The summed E-state index contributed by atoms with van der Waals surface area (Å²) < 4.78 is 12.7. The molecule has 0 bridgehead atoms. The summed E-state index contributed by atoms with van der Waals surface area (Å²) in [5.74, 6) is -1.05. The van der Waals surface area contributed by atoms with Gasteiger partial charge in [-0.3, -0.25) is 4.79 Å². The van der Waals surface area contributed by atoms with Gasteiger partial charge < -0.3 is 10.0 Å². The summed E-state index contributed by atoms with van der Waals surface area (Å²) >= 11 is 0. The Morgan fingerprint density at radius 2 is 1.64 bits per heavy atom. The van der Waals surface area contributed by atoms with Gasteiger partial charge in [0.2, 0.25) is 0 Å². The van der Waals surface area contributed by atoms with Crippen molar-refractivity contribution in [1.82, 2.24) is 4.90 Å². The number of hydrogen-bond donors (Lipinski definition) is 1. The number of likely N-dealkylation sites (tertiary alicyclic amines) is 1. The number of carboxylic acid groups (broad SMARTS) is 1. The number of benzene rings is 1. The summed E-state index contributed by atoms with van der Waals surface area (Å²) in [6, 6.07) is 6.57. The van der Waals surface area contributed by atoms with Crippen molar-refractivity contribution in [2.24, 2.45) is 5.92 Å². The number of hydrogen-bond acceptors (Lipinski definition) is 2. The van der Waals surface area contributed by atoms with Crippen LogP contribution in [0.15, 0.2) is 24.3 Å². The molecule has 1 aromatic rings. The highest BCUT2D eigenvalue weighted by molar-refractivity contribution is 5.70. The average molecular weight is 311 g/mol. The normalized spacial score (nSPS) is 15.1. The number of aliphatic carboxylic acids is 1. The van der Waals surface area contributed by atoms with Crippen LogP contribution < -0.4 is 0 Å². The molecule has 0 saturated carbocycles. The van der Waals surface area contributed by atoms with Gasteiger partial charge in [0.05, 0.1) is 5.92 Å². The SMILES string of the molecule is CC.CC.O=C(O)C1CCN(CCc2ccc(F)cc2)CC1. The molecule has 1 aliphatic heterocycles. The highest BCUT2D eigenvalue weighted by Crippen LogP contribution is 2.17. The monoisotopic (exact) mass is 311 g/mol. The number of nitrogens with zero attached hydrogens (tertiary/aromatic N) is 1. The molecule has 0 spiro atoms. The third kappa shape index (κ3) is 7.55. The van der Waals surface area contributed by atoms with Crippen molar-refractivity contribution >= 4 is 5.97 Å². The quantitative estimate of drug-likeness (QED) is 0.905. The van der Waals surface area contributed by atoms with E-state index >= 15 is 0 Å². The Bertz CT molecular complexity index is 398. The number of piperidine rings is 1. The summed E-state index contributed by atoms with van der Waals surface area (Å²) in [5, 5.41) is 8.90. The number of carboxylic acids is 1. The van der Waals surface area contributed by atoms with Gasteiger partial charge in [-0.25, -0.2) is 4.39 Å². The van der Waals surface area contributed by atoms with Gasteiger partial charge in [-0.05, 0) is 50.0 Å². The third-order valence-corrected chi connectivity index (χ3v) is 3.57. The second kappa shape index (κ2) is 12.2. The summed E-state index contributed by atoms with van der Waals surface area (Å²) in [6.07, 6.45) is 2.36. The van der Waals surface area contributed by atoms with E-state index in [0.29, 0.717) is 0 Å². The van der Waals surface area contributed by atoms with Gasteiger partial charge in [0.1, 0.15) is 5.82 Å². The Labute approximate surface area is 134 Å². The van der Waals surface area contributed by atoms with Crippen molar-refractivity contribution in [3.63, 3.8) is 0 Å². The van der Waals surface area contributed by atoms with E-state index in [9.17, 15) is 9.18 Å². The first-order valence-corrected chi connectivity index (χ1v) is 8.35. The number of carbonyl (C=O) groups is 1. The Morgan fingerprint density at radius 1 is 1.14 bits per heavy atom. The third-order valence-electron chi connectivity index (χ3n) is 3.57. The molecule has 1 aromatic carbocycles. The van der Waals surface area contributed by atoms with E-state index in [0.717, 1.165) is 44.5 Å². The molecule has 1 fully saturated rings. The van der Waals surface area contributed by atoms with E-state index in [2.05, 4.69) is 4.90 Å². The van der Waals surface area contributed by atoms with Gasteiger partial charge in [0.25, 0.3) is 0 Å². The maximum atomic E-state index is 12.7. The lowest BCUT2D eigenvalue weighted by atomic mass is 9.97. The topological polar surface area (TPSA) is 40.5 Å². The maximum absolute atomic E-state index is 12.7. The maximum Gasteiger partial charge on any atom is 0.306 e. The van der Waals surface area contributed by atoms with E-state index in [1.54, 1.807) is 12.1 Å². The van der Waals surface area contributed by atoms with Crippen molar-refractivity contribution in [3.8, 4) is 0 Å². The molecule has 1 N–H and O–H groups in total. The lowest BCUT2D eigenvalue weighted by molar-refractivity contribution is -0.143. The Kier molecular flexibility index (Phi) is 11.4. The molecule has 126 valence electrons. The van der Waals surface area contributed by atoms with E-state index in [-0.39, 0.29) is 11.7 Å². The fraction of sp³-hybridized carbons (Fsp3) is 0.611. The molecule has 0 aromatic heterocycles. The van der Waals surface area contributed by atoms with Crippen molar-refractivity contribution < 1.29 is 14.3 Å². The van der Waals surface area contributed by atoms with Gasteiger partial charge in [-0.15, -0.1) is 0 Å². The van der Waals surface area contributed by atoms with Crippen LogP contribution in [0.3, 0.4) is 0 Å². The number of rotatable bonds is 4. The van der Waals surface area contributed by atoms with Crippen LogP contribution in [-0.4, -0.2) is 35.6 Å². The summed E-state index contributed by atoms with van der Waals surface area (Å²) in [5.41, 5.74) is 1.12.